The SMILES string of the molecule is c1ccc([Si](c2ccccc2)(c2ccccc2)c2cc(-c3nc(-n4c5ccccc5c5ccccc54)nc(-n4c5ccccc5c5ccccc54)n3)cc(-c3cccc4ccccc34)c2)cc1. The molecule has 3 heterocycles. The van der Waals surface area contributed by atoms with Gasteiger partial charge in [0, 0.05) is 27.1 Å². The average Bonchev–Trinajstić information content (AvgIpc) is 3.93. The van der Waals surface area contributed by atoms with Crippen molar-refractivity contribution in [3.8, 4) is 34.4 Å². The van der Waals surface area contributed by atoms with Gasteiger partial charge in [-0.15, -0.1) is 0 Å². The molecule has 0 aliphatic rings. The molecule has 0 fully saturated rings. The van der Waals surface area contributed by atoms with Gasteiger partial charge in [-0.2, -0.15) is 15.0 Å². The second-order valence-electron chi connectivity index (χ2n) is 17.2. The number of benzene rings is 10. The molecule has 0 saturated carbocycles. The fourth-order valence-corrected chi connectivity index (χ4v) is 15.5. The van der Waals surface area contributed by atoms with E-state index in [4.69, 9.17) is 15.0 Å². The molecule has 0 bridgehead atoms. The summed E-state index contributed by atoms with van der Waals surface area (Å²) in [6.45, 7) is 0. The first-order chi connectivity index (χ1) is 33.2. The van der Waals surface area contributed by atoms with Crippen LogP contribution in [0.5, 0.6) is 0 Å². The predicted molar refractivity (Wildman–Crippen MR) is 280 cm³/mol. The third kappa shape index (κ3) is 6.18. The van der Waals surface area contributed by atoms with Crippen molar-refractivity contribution in [2.75, 3.05) is 0 Å². The molecule has 0 unspecified atom stereocenters. The van der Waals surface area contributed by atoms with Crippen molar-refractivity contribution < 1.29 is 0 Å². The molecule has 5 nitrogen and oxygen atoms in total. The Balaban J connectivity index is 1.18. The quantitative estimate of drug-likeness (QED) is 0.113. The van der Waals surface area contributed by atoms with Crippen LogP contribution in [0.3, 0.4) is 0 Å². The van der Waals surface area contributed by atoms with Crippen LogP contribution in [0, 0.1) is 0 Å². The minimum atomic E-state index is -3.06. The van der Waals surface area contributed by atoms with Crippen molar-refractivity contribution in [1.29, 1.82) is 0 Å². The van der Waals surface area contributed by atoms with E-state index in [-0.39, 0.29) is 0 Å². The second kappa shape index (κ2) is 15.8. The molecule has 314 valence electrons. The van der Waals surface area contributed by atoms with Crippen LogP contribution in [0.4, 0.5) is 0 Å². The van der Waals surface area contributed by atoms with Crippen molar-refractivity contribution in [2.45, 2.75) is 0 Å². The Hall–Kier alpha value is -8.71. The Kier molecular flexibility index (Phi) is 9.11. The number of nitrogens with zero attached hydrogens (tertiary/aromatic N) is 5. The van der Waals surface area contributed by atoms with E-state index in [1.54, 1.807) is 0 Å². The minimum absolute atomic E-state index is 0.550. The van der Waals surface area contributed by atoms with Crippen molar-refractivity contribution in [2.24, 2.45) is 0 Å². The molecule has 0 aliphatic heterocycles. The summed E-state index contributed by atoms with van der Waals surface area (Å²) in [5, 5.41) is 12.0. The lowest BCUT2D eigenvalue weighted by Gasteiger charge is -2.35. The molecule has 0 radical (unpaired) electrons. The number of aromatic nitrogens is 5. The molecule has 0 amide bonds. The van der Waals surface area contributed by atoms with Crippen molar-refractivity contribution >= 4 is 83.2 Å². The van der Waals surface area contributed by atoms with Gasteiger partial charge in [0.2, 0.25) is 11.9 Å². The van der Waals surface area contributed by atoms with Gasteiger partial charge in [-0.25, -0.2) is 0 Å². The zero-order chi connectivity index (χ0) is 44.3. The third-order valence-electron chi connectivity index (χ3n) is 13.5. The van der Waals surface area contributed by atoms with Crippen LogP contribution in [0.2, 0.25) is 0 Å². The molecule has 67 heavy (non-hydrogen) atoms. The maximum absolute atomic E-state index is 5.60. The van der Waals surface area contributed by atoms with Gasteiger partial charge < -0.3 is 0 Å². The predicted octanol–water partition coefficient (Wildman–Crippen LogP) is 11.9. The van der Waals surface area contributed by atoms with Crippen molar-refractivity contribution in [3.05, 3.63) is 249 Å². The van der Waals surface area contributed by atoms with E-state index in [1.807, 2.05) is 0 Å². The highest BCUT2D eigenvalue weighted by Gasteiger charge is 2.42. The van der Waals surface area contributed by atoms with Gasteiger partial charge in [0.05, 0.1) is 22.1 Å². The highest BCUT2D eigenvalue weighted by Crippen LogP contribution is 2.36. The third-order valence-corrected chi connectivity index (χ3v) is 18.3. The first-order valence-corrected chi connectivity index (χ1v) is 24.8. The number of para-hydroxylation sites is 4. The van der Waals surface area contributed by atoms with Gasteiger partial charge in [-0.3, -0.25) is 9.13 Å². The van der Waals surface area contributed by atoms with Gasteiger partial charge in [0.1, 0.15) is 0 Å². The largest absolute Gasteiger partial charge is 0.278 e. The van der Waals surface area contributed by atoms with Crippen LogP contribution < -0.4 is 20.7 Å². The summed E-state index contributed by atoms with van der Waals surface area (Å²) in [6, 6.07) is 90.0. The summed E-state index contributed by atoms with van der Waals surface area (Å²) >= 11 is 0. The summed E-state index contributed by atoms with van der Waals surface area (Å²) in [5.41, 5.74) is 7.28. The molecular formula is C61H41N5Si. The van der Waals surface area contributed by atoms with E-state index in [2.05, 4.69) is 258 Å². The lowest BCUT2D eigenvalue weighted by molar-refractivity contribution is 0.893. The van der Waals surface area contributed by atoms with E-state index in [1.165, 1.54) is 31.5 Å². The molecule has 10 aromatic carbocycles. The molecule has 0 atom stereocenters. The number of rotatable bonds is 8. The van der Waals surface area contributed by atoms with Crippen LogP contribution in [0.25, 0.3) is 88.8 Å². The Bertz CT molecular complexity index is 3650. The highest BCUT2D eigenvalue weighted by molar-refractivity contribution is 7.20. The van der Waals surface area contributed by atoms with Gasteiger partial charge >= 0.3 is 0 Å². The summed E-state index contributed by atoms with van der Waals surface area (Å²) in [5.74, 6) is 1.69. The molecule has 0 spiro atoms. The van der Waals surface area contributed by atoms with Gasteiger partial charge in [0.25, 0.3) is 0 Å². The fraction of sp³-hybridized carbons (Fsp3) is 0. The number of fused-ring (bicyclic) bond motifs is 7. The number of hydrogen-bond acceptors (Lipinski definition) is 3. The monoisotopic (exact) mass is 871 g/mol. The second-order valence-corrected chi connectivity index (χ2v) is 21.0. The molecule has 0 aliphatic carbocycles. The summed E-state index contributed by atoms with van der Waals surface area (Å²) in [6.07, 6.45) is 0. The zero-order valence-corrected chi connectivity index (χ0v) is 37.4. The normalized spacial score (nSPS) is 11.9. The topological polar surface area (TPSA) is 48.5 Å². The van der Waals surface area contributed by atoms with E-state index >= 15 is 0 Å². The lowest BCUT2D eigenvalue weighted by Crippen LogP contribution is -2.74. The standard InChI is InChI=1S/C61H41N5Si/c1-4-23-45(24-5-1)67(46-25-6-2-7-26-46,47-27-8-3-9-28-47)48-40-43(50-34-20-22-42-21-10-11-29-49(42)50)39-44(41-48)59-62-60(65-55-35-16-12-30-51(55)52-31-13-17-36-56(52)65)64-61(63-59)66-57-37-18-14-32-53(57)54-33-15-19-38-58(54)66/h1-41H. The molecule has 3 aromatic heterocycles. The van der Waals surface area contributed by atoms with Gasteiger partial charge in [0.15, 0.2) is 13.9 Å². The molecular weight excluding hydrogens is 831 g/mol. The number of hydrogen-bond donors (Lipinski definition) is 0. The summed E-state index contributed by atoms with van der Waals surface area (Å²) in [7, 11) is -3.06. The van der Waals surface area contributed by atoms with Gasteiger partial charge in [-0.05, 0) is 73.0 Å². The smallest absolute Gasteiger partial charge is 0.240 e. The molecule has 13 rings (SSSR count). The maximum Gasteiger partial charge on any atom is 0.240 e. The minimum Gasteiger partial charge on any atom is -0.278 e. The van der Waals surface area contributed by atoms with Crippen LogP contribution in [0.15, 0.2) is 249 Å². The molecule has 13 aromatic rings. The first kappa shape index (κ1) is 38.7. The zero-order valence-electron chi connectivity index (χ0n) is 36.4. The van der Waals surface area contributed by atoms with Crippen molar-refractivity contribution in [3.63, 3.8) is 0 Å². The van der Waals surface area contributed by atoms with Crippen LogP contribution >= 0.6 is 0 Å². The van der Waals surface area contributed by atoms with Crippen molar-refractivity contribution in [1.82, 2.24) is 24.1 Å². The Morgan fingerprint density at radius 1 is 0.284 bits per heavy atom. The van der Waals surface area contributed by atoms with Crippen LogP contribution in [-0.2, 0) is 0 Å². The highest BCUT2D eigenvalue weighted by atomic mass is 28.3. The summed E-state index contributed by atoms with van der Waals surface area (Å²) in [4.78, 5) is 16.7. The Labute approximate surface area is 388 Å². The van der Waals surface area contributed by atoms with E-state index in [0.717, 1.165) is 60.3 Å². The van der Waals surface area contributed by atoms with Gasteiger partial charge in [-0.1, -0.05) is 218 Å². The maximum atomic E-state index is 5.60. The lowest BCUT2D eigenvalue weighted by atomic mass is 9.97. The molecule has 0 saturated heterocycles. The average molecular weight is 872 g/mol. The van der Waals surface area contributed by atoms with Crippen LogP contribution in [-0.4, -0.2) is 32.2 Å². The Morgan fingerprint density at radius 3 is 1.12 bits per heavy atom. The van der Waals surface area contributed by atoms with E-state index in [0.29, 0.717) is 17.7 Å². The fourth-order valence-electron chi connectivity index (χ4n) is 10.6. The van der Waals surface area contributed by atoms with E-state index in [9.17, 15) is 0 Å². The first-order valence-electron chi connectivity index (χ1n) is 22.8. The molecule has 6 heteroatoms. The van der Waals surface area contributed by atoms with E-state index < -0.39 is 8.07 Å². The molecule has 0 N–H and O–H groups in total. The Morgan fingerprint density at radius 2 is 0.657 bits per heavy atom. The summed E-state index contributed by atoms with van der Waals surface area (Å²) < 4.78 is 4.42. The van der Waals surface area contributed by atoms with Crippen LogP contribution in [0.1, 0.15) is 0 Å².